The third kappa shape index (κ3) is 4.42. The molecule has 1 aliphatic heterocycles. The monoisotopic (exact) mass is 418 g/mol. The Labute approximate surface area is 170 Å². The summed E-state index contributed by atoms with van der Waals surface area (Å²) in [5.41, 5.74) is 0.555. The number of rotatable bonds is 4. The Kier molecular flexibility index (Phi) is 5.39. The molecule has 1 saturated heterocycles. The van der Waals surface area contributed by atoms with Crippen molar-refractivity contribution in [3.8, 4) is 5.69 Å². The van der Waals surface area contributed by atoms with Crippen LogP contribution < -0.4 is 4.90 Å². The molecule has 0 bridgehead atoms. The van der Waals surface area contributed by atoms with Gasteiger partial charge in [0.05, 0.1) is 11.3 Å². The summed E-state index contributed by atoms with van der Waals surface area (Å²) in [7, 11) is 0. The van der Waals surface area contributed by atoms with Gasteiger partial charge in [-0.2, -0.15) is 17.9 Å². The van der Waals surface area contributed by atoms with Crippen LogP contribution in [0.3, 0.4) is 0 Å². The highest BCUT2D eigenvalue weighted by atomic mass is 19.4. The fourth-order valence-electron chi connectivity index (χ4n) is 3.24. The number of hydrogen-bond acceptors (Lipinski definition) is 5. The van der Waals surface area contributed by atoms with Crippen LogP contribution in [-0.2, 0) is 6.18 Å². The second-order valence-electron chi connectivity index (χ2n) is 6.81. The van der Waals surface area contributed by atoms with E-state index in [2.05, 4.69) is 15.5 Å². The Morgan fingerprint density at radius 2 is 1.63 bits per heavy atom. The Bertz CT molecular complexity index is 1020. The van der Waals surface area contributed by atoms with Crippen molar-refractivity contribution >= 4 is 11.8 Å². The van der Waals surface area contributed by atoms with Gasteiger partial charge in [0.25, 0.3) is 0 Å². The van der Waals surface area contributed by atoms with E-state index >= 15 is 0 Å². The number of aromatic nitrogens is 4. The average Bonchev–Trinajstić information content (AvgIpc) is 3.21. The third-order valence-electron chi connectivity index (χ3n) is 4.85. The van der Waals surface area contributed by atoms with Crippen LogP contribution in [0.4, 0.5) is 23.2 Å². The summed E-state index contributed by atoms with van der Waals surface area (Å²) in [6.45, 7) is 2.47. The maximum absolute atomic E-state index is 13.1. The molecule has 10 heteroatoms. The Morgan fingerprint density at radius 1 is 0.900 bits per heavy atom. The molecule has 30 heavy (non-hydrogen) atoms. The lowest BCUT2D eigenvalue weighted by Crippen LogP contribution is -2.44. The molecule has 0 atom stereocenters. The van der Waals surface area contributed by atoms with Crippen molar-refractivity contribution < 1.29 is 17.6 Å². The number of alkyl halides is 3. The van der Waals surface area contributed by atoms with E-state index in [-0.39, 0.29) is 5.82 Å². The van der Waals surface area contributed by atoms with E-state index in [1.807, 2.05) is 16.0 Å². The SMILES string of the molecule is Fc1ccc(-n2nnnc2/C=C/N2CCN(c3cccc(C(F)(F)F)c3)CC2)cc1. The van der Waals surface area contributed by atoms with E-state index in [1.165, 1.54) is 28.9 Å². The van der Waals surface area contributed by atoms with Gasteiger partial charge in [0.15, 0.2) is 5.82 Å². The van der Waals surface area contributed by atoms with Crippen molar-refractivity contribution in [1.29, 1.82) is 0 Å². The van der Waals surface area contributed by atoms with Crippen LogP contribution in [0.1, 0.15) is 11.4 Å². The van der Waals surface area contributed by atoms with Crippen LogP contribution in [0.2, 0.25) is 0 Å². The van der Waals surface area contributed by atoms with E-state index in [9.17, 15) is 17.6 Å². The molecule has 2 heterocycles. The molecule has 0 spiro atoms. The molecule has 1 aromatic heterocycles. The molecule has 0 radical (unpaired) electrons. The minimum atomic E-state index is -4.35. The fraction of sp³-hybridized carbons (Fsp3) is 0.250. The van der Waals surface area contributed by atoms with Gasteiger partial charge in [-0.25, -0.2) is 4.39 Å². The highest BCUT2D eigenvalue weighted by Gasteiger charge is 2.31. The number of piperazine rings is 1. The largest absolute Gasteiger partial charge is 0.416 e. The summed E-state index contributed by atoms with van der Waals surface area (Å²) in [4.78, 5) is 3.98. The van der Waals surface area contributed by atoms with Crippen LogP contribution in [-0.4, -0.2) is 51.3 Å². The normalized spacial score (nSPS) is 15.2. The smallest absolute Gasteiger partial charge is 0.374 e. The Morgan fingerprint density at radius 3 is 2.33 bits per heavy atom. The van der Waals surface area contributed by atoms with Crippen molar-refractivity contribution in [1.82, 2.24) is 25.1 Å². The predicted octanol–water partition coefficient (Wildman–Crippen LogP) is 3.61. The summed E-state index contributed by atoms with van der Waals surface area (Å²) >= 11 is 0. The van der Waals surface area contributed by atoms with Gasteiger partial charge in [-0.15, -0.1) is 5.10 Å². The van der Waals surface area contributed by atoms with E-state index in [1.54, 1.807) is 24.3 Å². The highest BCUT2D eigenvalue weighted by Crippen LogP contribution is 2.31. The number of halogens is 4. The van der Waals surface area contributed by atoms with Crippen LogP contribution in [0.15, 0.2) is 54.7 Å². The molecule has 2 aromatic carbocycles. The van der Waals surface area contributed by atoms with E-state index in [4.69, 9.17) is 0 Å². The molecule has 0 aliphatic carbocycles. The molecular weight excluding hydrogens is 400 g/mol. The zero-order valence-electron chi connectivity index (χ0n) is 15.8. The maximum Gasteiger partial charge on any atom is 0.416 e. The van der Waals surface area contributed by atoms with E-state index in [0.29, 0.717) is 43.4 Å². The number of tetrazole rings is 1. The molecule has 0 N–H and O–H groups in total. The standard InChI is InChI=1S/C20H18F4N6/c21-16-4-6-17(7-5-16)30-19(25-26-27-30)8-9-28-10-12-29(13-11-28)18-3-1-2-15(14-18)20(22,23)24/h1-9,14H,10-13H2/b9-8+. The first-order chi connectivity index (χ1) is 14.4. The van der Waals surface area contributed by atoms with Gasteiger partial charge in [0.1, 0.15) is 5.82 Å². The molecule has 3 aromatic rings. The minimum absolute atomic E-state index is 0.345. The first-order valence-electron chi connectivity index (χ1n) is 9.29. The summed E-state index contributed by atoms with van der Waals surface area (Å²) in [6, 6.07) is 11.2. The van der Waals surface area contributed by atoms with Crippen molar-refractivity contribution in [2.24, 2.45) is 0 Å². The lowest BCUT2D eigenvalue weighted by atomic mass is 10.1. The van der Waals surface area contributed by atoms with Crippen molar-refractivity contribution in [2.75, 3.05) is 31.1 Å². The number of hydrogen-bond donors (Lipinski definition) is 0. The highest BCUT2D eigenvalue weighted by molar-refractivity contribution is 5.50. The van der Waals surface area contributed by atoms with Crippen LogP contribution in [0.5, 0.6) is 0 Å². The van der Waals surface area contributed by atoms with Gasteiger partial charge in [-0.3, -0.25) is 0 Å². The summed E-state index contributed by atoms with van der Waals surface area (Å²) in [5.74, 6) is 0.143. The molecule has 1 aliphatic rings. The molecule has 156 valence electrons. The average molecular weight is 418 g/mol. The number of nitrogens with zero attached hydrogens (tertiary/aromatic N) is 6. The van der Waals surface area contributed by atoms with Gasteiger partial charge in [-0.1, -0.05) is 6.07 Å². The van der Waals surface area contributed by atoms with Crippen molar-refractivity contribution in [3.05, 3.63) is 71.9 Å². The first-order valence-corrected chi connectivity index (χ1v) is 9.29. The van der Waals surface area contributed by atoms with Crippen molar-refractivity contribution in [3.63, 3.8) is 0 Å². The maximum atomic E-state index is 13.1. The molecule has 0 unspecified atom stereocenters. The number of benzene rings is 2. The van der Waals surface area contributed by atoms with E-state index < -0.39 is 11.7 Å². The molecule has 0 saturated carbocycles. The van der Waals surface area contributed by atoms with E-state index in [0.717, 1.165) is 6.07 Å². The molecular formula is C20H18F4N6. The van der Waals surface area contributed by atoms with Gasteiger partial charge in [0.2, 0.25) is 0 Å². The molecule has 1 fully saturated rings. The van der Waals surface area contributed by atoms with Crippen LogP contribution >= 0.6 is 0 Å². The number of anilines is 1. The zero-order valence-corrected chi connectivity index (χ0v) is 15.8. The van der Waals surface area contributed by atoms with Crippen LogP contribution in [0.25, 0.3) is 11.8 Å². The lowest BCUT2D eigenvalue weighted by molar-refractivity contribution is -0.137. The van der Waals surface area contributed by atoms with Gasteiger partial charge >= 0.3 is 6.18 Å². The lowest BCUT2D eigenvalue weighted by Gasteiger charge is -2.35. The summed E-state index contributed by atoms with van der Waals surface area (Å²) in [6.07, 6.45) is -0.742. The zero-order chi connectivity index (χ0) is 21.1. The first kappa shape index (κ1) is 19.9. The second-order valence-corrected chi connectivity index (χ2v) is 6.81. The Hall–Kier alpha value is -3.43. The summed E-state index contributed by atoms with van der Waals surface area (Å²) < 4.78 is 53.4. The molecule has 0 amide bonds. The topological polar surface area (TPSA) is 50.1 Å². The minimum Gasteiger partial charge on any atom is -0.374 e. The predicted molar refractivity (Wildman–Crippen MR) is 103 cm³/mol. The van der Waals surface area contributed by atoms with Crippen LogP contribution in [0, 0.1) is 5.82 Å². The fourth-order valence-corrected chi connectivity index (χ4v) is 3.24. The Balaban J connectivity index is 1.40. The van der Waals surface area contributed by atoms with Gasteiger partial charge in [0, 0.05) is 44.1 Å². The molecule has 6 nitrogen and oxygen atoms in total. The quantitative estimate of drug-likeness (QED) is 0.606. The van der Waals surface area contributed by atoms with Gasteiger partial charge in [-0.05, 0) is 52.9 Å². The summed E-state index contributed by atoms with van der Waals surface area (Å²) in [5, 5.41) is 11.6. The molecule has 4 rings (SSSR count). The van der Waals surface area contributed by atoms with Crippen molar-refractivity contribution in [2.45, 2.75) is 6.18 Å². The third-order valence-corrected chi connectivity index (χ3v) is 4.85. The second kappa shape index (κ2) is 8.13. The van der Waals surface area contributed by atoms with Gasteiger partial charge < -0.3 is 9.80 Å².